The highest BCUT2D eigenvalue weighted by Crippen LogP contribution is 2.25. The molecule has 200 valence electrons. The molecule has 2 saturated heterocycles. The van der Waals surface area contributed by atoms with Gasteiger partial charge in [0.25, 0.3) is 0 Å². The highest BCUT2D eigenvalue weighted by molar-refractivity contribution is 5.94. The van der Waals surface area contributed by atoms with Crippen LogP contribution < -0.4 is 15.5 Å². The fourth-order valence-electron chi connectivity index (χ4n) is 4.51. The van der Waals surface area contributed by atoms with Gasteiger partial charge in [-0.1, -0.05) is 42.5 Å². The van der Waals surface area contributed by atoms with Crippen molar-refractivity contribution in [2.45, 2.75) is 70.2 Å². The zero-order chi connectivity index (χ0) is 25.7. The van der Waals surface area contributed by atoms with Crippen LogP contribution in [0.25, 0.3) is 10.8 Å². The molecule has 8 heteroatoms. The fraction of sp³-hybridized carbons (Fsp3) is 0.517. The minimum Gasteiger partial charge on any atom is -0.488 e. The van der Waals surface area contributed by atoms with Crippen LogP contribution in [0.2, 0.25) is 0 Å². The van der Waals surface area contributed by atoms with Crippen LogP contribution >= 0.6 is 0 Å². The molecular formula is C29H38N2O6. The number of rotatable bonds is 13. The SMILES string of the molecule is O=C(CCCC/C=C(\COc1cccc2ccccc12)C(=O)NCC1CCCO1)NOC1CCCCO1. The standard InChI is InChI=1S/C29H38N2O6/c32-27(31-37-28-17-6-7-18-35-28)16-3-1-2-11-23(29(33)30-20-24-13-9-19-34-24)21-36-26-15-8-12-22-10-4-5-14-25(22)26/h4-5,8,10-12,14-15,24,28H,1-3,6-7,9,13,16-21H2,(H,30,33)(H,31,32)/b23-11+. The molecule has 37 heavy (non-hydrogen) atoms. The summed E-state index contributed by atoms with van der Waals surface area (Å²) >= 11 is 0. The molecule has 2 aromatic carbocycles. The van der Waals surface area contributed by atoms with Crippen LogP contribution in [0.1, 0.15) is 57.8 Å². The van der Waals surface area contributed by atoms with Gasteiger partial charge in [0.1, 0.15) is 12.4 Å². The van der Waals surface area contributed by atoms with E-state index in [0.29, 0.717) is 38.0 Å². The highest BCUT2D eigenvalue weighted by atomic mass is 16.8. The Morgan fingerprint density at radius 2 is 1.84 bits per heavy atom. The largest absolute Gasteiger partial charge is 0.488 e. The van der Waals surface area contributed by atoms with E-state index in [4.69, 9.17) is 19.0 Å². The second-order valence-electron chi connectivity index (χ2n) is 9.53. The van der Waals surface area contributed by atoms with Crippen molar-refractivity contribution in [3.05, 3.63) is 54.1 Å². The molecule has 2 aliphatic rings. The molecule has 0 radical (unpaired) electrons. The normalized spacial score (nSPS) is 20.1. The first kappa shape index (κ1) is 27.1. The zero-order valence-corrected chi connectivity index (χ0v) is 21.4. The van der Waals surface area contributed by atoms with E-state index in [1.54, 1.807) is 0 Å². The number of ether oxygens (including phenoxy) is 3. The first-order chi connectivity index (χ1) is 18.2. The average molecular weight is 511 g/mol. The van der Waals surface area contributed by atoms with Gasteiger partial charge in [0, 0.05) is 38.0 Å². The minimum absolute atomic E-state index is 0.0731. The van der Waals surface area contributed by atoms with Gasteiger partial charge in [0.15, 0.2) is 6.29 Å². The summed E-state index contributed by atoms with van der Waals surface area (Å²) in [4.78, 5) is 30.4. The summed E-state index contributed by atoms with van der Waals surface area (Å²) in [5.74, 6) is 0.441. The molecule has 2 aliphatic heterocycles. The van der Waals surface area contributed by atoms with E-state index in [2.05, 4.69) is 10.8 Å². The predicted molar refractivity (Wildman–Crippen MR) is 141 cm³/mol. The molecule has 2 aromatic rings. The topological polar surface area (TPSA) is 95.1 Å². The van der Waals surface area contributed by atoms with E-state index in [-0.39, 0.29) is 30.8 Å². The third-order valence-electron chi connectivity index (χ3n) is 6.63. The van der Waals surface area contributed by atoms with Gasteiger partial charge in [0.2, 0.25) is 11.8 Å². The van der Waals surface area contributed by atoms with Crippen LogP contribution in [0.15, 0.2) is 54.1 Å². The first-order valence-electron chi connectivity index (χ1n) is 13.4. The molecule has 4 rings (SSSR count). The first-order valence-corrected chi connectivity index (χ1v) is 13.4. The maximum Gasteiger partial charge on any atom is 0.250 e. The molecule has 0 saturated carbocycles. The average Bonchev–Trinajstić information content (AvgIpc) is 3.46. The number of amides is 2. The van der Waals surface area contributed by atoms with Gasteiger partial charge >= 0.3 is 0 Å². The minimum atomic E-state index is -0.349. The number of carbonyl (C=O) groups is 2. The maximum atomic E-state index is 13.0. The zero-order valence-electron chi connectivity index (χ0n) is 21.4. The van der Waals surface area contributed by atoms with Gasteiger partial charge in [-0.2, -0.15) is 0 Å². The summed E-state index contributed by atoms with van der Waals surface area (Å²) in [7, 11) is 0. The van der Waals surface area contributed by atoms with Crippen molar-refractivity contribution in [3.63, 3.8) is 0 Å². The van der Waals surface area contributed by atoms with E-state index in [0.717, 1.165) is 61.7 Å². The predicted octanol–water partition coefficient (Wildman–Crippen LogP) is 4.58. The van der Waals surface area contributed by atoms with Crippen molar-refractivity contribution in [3.8, 4) is 5.75 Å². The van der Waals surface area contributed by atoms with Gasteiger partial charge in [-0.25, -0.2) is 10.3 Å². The van der Waals surface area contributed by atoms with Crippen LogP contribution in [-0.4, -0.2) is 50.6 Å². The molecule has 0 aromatic heterocycles. The van der Waals surface area contributed by atoms with Crippen LogP contribution in [0.3, 0.4) is 0 Å². The maximum absolute atomic E-state index is 13.0. The molecule has 2 atom stereocenters. The Balaban J connectivity index is 1.26. The van der Waals surface area contributed by atoms with E-state index >= 15 is 0 Å². The second kappa shape index (κ2) is 14.7. The van der Waals surface area contributed by atoms with Gasteiger partial charge in [-0.15, -0.1) is 0 Å². The molecule has 2 fully saturated rings. The molecule has 2 heterocycles. The quantitative estimate of drug-likeness (QED) is 0.233. The lowest BCUT2D eigenvalue weighted by Crippen LogP contribution is -2.34. The van der Waals surface area contributed by atoms with Crippen molar-refractivity contribution in [1.29, 1.82) is 0 Å². The Morgan fingerprint density at radius 3 is 2.68 bits per heavy atom. The number of benzene rings is 2. The summed E-state index contributed by atoms with van der Waals surface area (Å²) < 4.78 is 17.2. The Hall–Kier alpha value is -2.94. The van der Waals surface area contributed by atoms with Crippen LogP contribution in [0.5, 0.6) is 5.75 Å². The number of nitrogens with one attached hydrogen (secondary N) is 2. The van der Waals surface area contributed by atoms with Gasteiger partial charge in [-0.05, 0) is 56.4 Å². The lowest BCUT2D eigenvalue weighted by molar-refractivity contribution is -0.200. The smallest absolute Gasteiger partial charge is 0.250 e. The Morgan fingerprint density at radius 1 is 0.973 bits per heavy atom. The lowest BCUT2D eigenvalue weighted by Gasteiger charge is -2.22. The van der Waals surface area contributed by atoms with E-state index < -0.39 is 0 Å². The van der Waals surface area contributed by atoms with Crippen LogP contribution in [0, 0.1) is 0 Å². The molecule has 0 spiro atoms. The van der Waals surface area contributed by atoms with Gasteiger partial charge < -0.3 is 19.5 Å². The Labute approximate surface area is 218 Å². The third-order valence-corrected chi connectivity index (χ3v) is 6.63. The van der Waals surface area contributed by atoms with Crippen molar-refractivity contribution in [2.75, 3.05) is 26.4 Å². The molecule has 0 bridgehead atoms. The lowest BCUT2D eigenvalue weighted by atomic mass is 10.1. The number of unbranched alkanes of at least 4 members (excludes halogenated alkanes) is 2. The molecular weight excluding hydrogens is 472 g/mol. The molecule has 2 N–H and O–H groups in total. The number of hydrogen-bond acceptors (Lipinski definition) is 6. The van der Waals surface area contributed by atoms with E-state index in [9.17, 15) is 9.59 Å². The number of allylic oxidation sites excluding steroid dienone is 1. The summed E-state index contributed by atoms with van der Waals surface area (Å²) in [6.07, 6.45) is 8.98. The number of hydroxylamine groups is 1. The molecule has 8 nitrogen and oxygen atoms in total. The van der Waals surface area contributed by atoms with Crippen molar-refractivity contribution >= 4 is 22.6 Å². The second-order valence-corrected chi connectivity index (χ2v) is 9.53. The molecule has 2 unspecified atom stereocenters. The van der Waals surface area contributed by atoms with Crippen LogP contribution in [-0.2, 0) is 23.9 Å². The summed E-state index contributed by atoms with van der Waals surface area (Å²) in [5, 5.41) is 5.10. The van der Waals surface area contributed by atoms with Crippen molar-refractivity contribution in [2.24, 2.45) is 0 Å². The summed E-state index contributed by atoms with van der Waals surface area (Å²) in [6.45, 7) is 2.08. The third kappa shape index (κ3) is 8.84. The molecule has 0 aliphatic carbocycles. The number of fused-ring (bicyclic) bond motifs is 1. The van der Waals surface area contributed by atoms with Crippen molar-refractivity contribution in [1.82, 2.24) is 10.8 Å². The van der Waals surface area contributed by atoms with Gasteiger partial charge in [-0.3, -0.25) is 9.59 Å². The van der Waals surface area contributed by atoms with Gasteiger partial charge in [0.05, 0.1) is 11.7 Å². The van der Waals surface area contributed by atoms with Crippen molar-refractivity contribution < 1.29 is 28.6 Å². The van der Waals surface area contributed by atoms with E-state index in [1.165, 1.54) is 0 Å². The molecule has 2 amide bonds. The summed E-state index contributed by atoms with van der Waals surface area (Å²) in [5.41, 5.74) is 3.07. The Bertz CT molecular complexity index is 1040. The monoisotopic (exact) mass is 510 g/mol. The van der Waals surface area contributed by atoms with Crippen LogP contribution in [0.4, 0.5) is 0 Å². The fourth-order valence-corrected chi connectivity index (χ4v) is 4.51. The van der Waals surface area contributed by atoms with E-state index in [1.807, 2.05) is 48.5 Å². The highest BCUT2D eigenvalue weighted by Gasteiger charge is 2.18. The number of hydrogen-bond donors (Lipinski definition) is 2. The Kier molecular flexibility index (Phi) is 10.8. The number of carbonyl (C=O) groups excluding carboxylic acids is 2. The summed E-state index contributed by atoms with van der Waals surface area (Å²) in [6, 6.07) is 13.9.